The number of fused-ring (bicyclic) bond motifs is 1. The van der Waals surface area contributed by atoms with Crippen molar-refractivity contribution < 1.29 is 18.0 Å². The molecule has 2 aromatic heterocycles. The van der Waals surface area contributed by atoms with Gasteiger partial charge in [0.15, 0.2) is 17.0 Å². The van der Waals surface area contributed by atoms with Gasteiger partial charge in [-0.1, -0.05) is 23.7 Å². The molecule has 0 bridgehead atoms. The summed E-state index contributed by atoms with van der Waals surface area (Å²) in [4.78, 5) is 18.8. The Morgan fingerprint density at radius 2 is 1.90 bits per heavy atom. The van der Waals surface area contributed by atoms with Crippen LogP contribution < -0.4 is 0 Å². The molecule has 29 heavy (non-hydrogen) atoms. The van der Waals surface area contributed by atoms with Gasteiger partial charge in [0.2, 0.25) is 0 Å². The fraction of sp³-hybridized carbons (Fsp3) is 0.350. The number of likely N-dealkylation sites (tertiary alicyclic amines) is 1. The largest absolute Gasteiger partial charge is 0.433 e. The predicted molar refractivity (Wildman–Crippen MR) is 103 cm³/mol. The molecule has 1 amide bonds. The van der Waals surface area contributed by atoms with Crippen LogP contribution in [0.2, 0.25) is 5.02 Å². The van der Waals surface area contributed by atoms with Crippen molar-refractivity contribution in [2.75, 3.05) is 6.54 Å². The van der Waals surface area contributed by atoms with Crippen molar-refractivity contribution in [3.8, 4) is 11.3 Å². The molecule has 1 aromatic carbocycles. The average Bonchev–Trinajstić information content (AvgIpc) is 3.11. The van der Waals surface area contributed by atoms with Crippen LogP contribution in [0, 0.1) is 0 Å². The van der Waals surface area contributed by atoms with Gasteiger partial charge >= 0.3 is 6.18 Å². The van der Waals surface area contributed by atoms with E-state index in [-0.39, 0.29) is 29.0 Å². The van der Waals surface area contributed by atoms with Crippen LogP contribution >= 0.6 is 11.6 Å². The highest BCUT2D eigenvalue weighted by Crippen LogP contribution is 2.33. The molecular formula is C20H18ClF3N4O. The standard InChI is InChI=1S/C20H18ClF3N4O/c1-12-4-2-3-9-27(12)19(29)16-11-18-25-15(13-5-7-14(21)8-6-13)10-17(20(22,23)24)28(18)26-16/h5-8,10-12H,2-4,9H2,1H3/t12-/m0/s1. The van der Waals surface area contributed by atoms with Crippen LogP contribution in [0.15, 0.2) is 36.4 Å². The summed E-state index contributed by atoms with van der Waals surface area (Å²) >= 11 is 5.87. The first-order valence-electron chi connectivity index (χ1n) is 9.29. The molecule has 9 heteroatoms. The van der Waals surface area contributed by atoms with Gasteiger partial charge in [0.25, 0.3) is 5.91 Å². The first-order chi connectivity index (χ1) is 13.7. The molecule has 3 heterocycles. The molecule has 0 N–H and O–H groups in total. The second-order valence-corrected chi connectivity index (χ2v) is 7.61. The number of carbonyl (C=O) groups excluding carboxylic acids is 1. The molecule has 0 spiro atoms. The SMILES string of the molecule is C[C@H]1CCCCN1C(=O)c1cc2nc(-c3ccc(Cl)cc3)cc(C(F)(F)F)n2n1. The van der Waals surface area contributed by atoms with Gasteiger partial charge in [-0.3, -0.25) is 4.79 Å². The highest BCUT2D eigenvalue weighted by atomic mass is 35.5. The molecule has 1 aliphatic heterocycles. The van der Waals surface area contributed by atoms with Crippen LogP contribution in [0.1, 0.15) is 42.4 Å². The Bertz CT molecular complexity index is 1060. The fourth-order valence-electron chi connectivity index (χ4n) is 3.60. The smallest absolute Gasteiger partial charge is 0.335 e. The summed E-state index contributed by atoms with van der Waals surface area (Å²) < 4.78 is 41.8. The Morgan fingerprint density at radius 1 is 1.17 bits per heavy atom. The van der Waals surface area contributed by atoms with Crippen LogP contribution in [-0.4, -0.2) is 38.0 Å². The van der Waals surface area contributed by atoms with Crippen LogP contribution in [-0.2, 0) is 6.18 Å². The Morgan fingerprint density at radius 3 is 2.55 bits per heavy atom. The third kappa shape index (κ3) is 3.81. The summed E-state index contributed by atoms with van der Waals surface area (Å²) in [6.45, 7) is 2.51. The Kier molecular flexibility index (Phi) is 4.98. The lowest BCUT2D eigenvalue weighted by atomic mass is 10.0. The predicted octanol–water partition coefficient (Wildman–Crippen LogP) is 5.08. The monoisotopic (exact) mass is 422 g/mol. The van der Waals surface area contributed by atoms with Crippen LogP contribution in [0.25, 0.3) is 16.9 Å². The summed E-state index contributed by atoms with van der Waals surface area (Å²) in [5, 5.41) is 4.43. The first-order valence-corrected chi connectivity index (χ1v) is 9.67. The van der Waals surface area contributed by atoms with E-state index in [4.69, 9.17) is 11.6 Å². The molecular weight excluding hydrogens is 405 g/mol. The molecule has 5 nitrogen and oxygen atoms in total. The molecule has 0 radical (unpaired) electrons. The van der Waals surface area contributed by atoms with Gasteiger partial charge in [-0.25, -0.2) is 9.50 Å². The molecule has 4 rings (SSSR count). The number of benzene rings is 1. The lowest BCUT2D eigenvalue weighted by Gasteiger charge is -2.32. The van der Waals surface area contributed by atoms with Gasteiger partial charge in [0.1, 0.15) is 0 Å². The number of carbonyl (C=O) groups is 1. The minimum absolute atomic E-state index is 0.0285. The fourth-order valence-corrected chi connectivity index (χ4v) is 3.72. The van der Waals surface area contributed by atoms with E-state index < -0.39 is 11.9 Å². The molecule has 152 valence electrons. The van der Waals surface area contributed by atoms with Crippen molar-refractivity contribution in [2.45, 2.75) is 38.4 Å². The van der Waals surface area contributed by atoms with Gasteiger partial charge in [0.05, 0.1) is 5.69 Å². The van der Waals surface area contributed by atoms with E-state index in [0.29, 0.717) is 21.6 Å². The Labute approximate surface area is 170 Å². The minimum atomic E-state index is -4.66. The maximum absolute atomic E-state index is 13.7. The lowest BCUT2D eigenvalue weighted by molar-refractivity contribution is -0.142. The summed E-state index contributed by atoms with van der Waals surface area (Å²) in [5.74, 6) is -0.371. The van der Waals surface area contributed by atoms with Gasteiger partial charge in [0, 0.05) is 29.2 Å². The third-order valence-corrected chi connectivity index (χ3v) is 5.39. The van der Waals surface area contributed by atoms with Crippen LogP contribution in [0.4, 0.5) is 13.2 Å². The van der Waals surface area contributed by atoms with Gasteiger partial charge < -0.3 is 4.90 Å². The van der Waals surface area contributed by atoms with Crippen molar-refractivity contribution >= 4 is 23.2 Å². The molecule has 1 aliphatic rings. The van der Waals surface area contributed by atoms with E-state index in [1.807, 2.05) is 6.92 Å². The van der Waals surface area contributed by atoms with Crippen LogP contribution in [0.5, 0.6) is 0 Å². The summed E-state index contributed by atoms with van der Waals surface area (Å²) in [6, 6.07) is 8.64. The molecule has 3 aromatic rings. The molecule has 1 atom stereocenters. The topological polar surface area (TPSA) is 50.5 Å². The maximum Gasteiger partial charge on any atom is 0.433 e. The van der Waals surface area contributed by atoms with E-state index in [1.54, 1.807) is 29.2 Å². The van der Waals surface area contributed by atoms with Crippen molar-refractivity contribution in [3.63, 3.8) is 0 Å². The van der Waals surface area contributed by atoms with Crippen LogP contribution in [0.3, 0.4) is 0 Å². The normalized spacial score (nSPS) is 17.7. The molecule has 0 saturated carbocycles. The van der Waals surface area contributed by atoms with Crippen molar-refractivity contribution in [2.24, 2.45) is 0 Å². The summed E-state index contributed by atoms with van der Waals surface area (Å²) in [7, 11) is 0. The molecule has 0 aliphatic carbocycles. The zero-order valence-corrected chi connectivity index (χ0v) is 16.3. The average molecular weight is 423 g/mol. The number of rotatable bonds is 2. The van der Waals surface area contributed by atoms with E-state index in [0.717, 1.165) is 25.3 Å². The number of piperidine rings is 1. The lowest BCUT2D eigenvalue weighted by Crippen LogP contribution is -2.42. The third-order valence-electron chi connectivity index (χ3n) is 5.14. The van der Waals surface area contributed by atoms with Crippen molar-refractivity contribution in [1.29, 1.82) is 0 Å². The highest BCUT2D eigenvalue weighted by molar-refractivity contribution is 6.30. The zero-order chi connectivity index (χ0) is 20.8. The summed E-state index contributed by atoms with van der Waals surface area (Å²) in [6.07, 6.45) is -1.89. The molecule has 1 fully saturated rings. The van der Waals surface area contributed by atoms with E-state index in [9.17, 15) is 18.0 Å². The van der Waals surface area contributed by atoms with Gasteiger partial charge in [-0.2, -0.15) is 18.3 Å². The second kappa shape index (κ2) is 7.33. The number of aromatic nitrogens is 3. The second-order valence-electron chi connectivity index (χ2n) is 7.17. The molecule has 1 saturated heterocycles. The maximum atomic E-state index is 13.7. The highest BCUT2D eigenvalue weighted by Gasteiger charge is 2.36. The van der Waals surface area contributed by atoms with Crippen molar-refractivity contribution in [3.05, 3.63) is 52.8 Å². The number of nitrogens with zero attached hydrogens (tertiary/aromatic N) is 4. The number of halogens is 4. The quantitative estimate of drug-likeness (QED) is 0.578. The number of alkyl halides is 3. The number of amides is 1. The zero-order valence-electron chi connectivity index (χ0n) is 15.6. The van der Waals surface area contributed by atoms with E-state index in [2.05, 4.69) is 10.1 Å². The first kappa shape index (κ1) is 19.7. The number of hydrogen-bond donors (Lipinski definition) is 0. The van der Waals surface area contributed by atoms with Gasteiger partial charge in [-0.05, 0) is 44.4 Å². The van der Waals surface area contributed by atoms with Crippen molar-refractivity contribution in [1.82, 2.24) is 19.5 Å². The van der Waals surface area contributed by atoms with E-state index >= 15 is 0 Å². The van der Waals surface area contributed by atoms with E-state index in [1.165, 1.54) is 6.07 Å². The number of hydrogen-bond acceptors (Lipinski definition) is 3. The Hall–Kier alpha value is -2.61. The Balaban J connectivity index is 1.82. The van der Waals surface area contributed by atoms with Gasteiger partial charge in [-0.15, -0.1) is 0 Å². The summed E-state index contributed by atoms with van der Waals surface area (Å²) in [5.41, 5.74) is -0.436. The molecule has 0 unspecified atom stereocenters. The minimum Gasteiger partial charge on any atom is -0.335 e.